The predicted molar refractivity (Wildman–Crippen MR) is 114 cm³/mol. The van der Waals surface area contributed by atoms with E-state index >= 15 is 0 Å². The van der Waals surface area contributed by atoms with Crippen molar-refractivity contribution in [3.8, 4) is 5.75 Å². The first-order valence-electron chi connectivity index (χ1n) is 9.23. The van der Waals surface area contributed by atoms with Gasteiger partial charge in [-0.2, -0.15) is 0 Å². The Morgan fingerprint density at radius 1 is 1.03 bits per heavy atom. The first-order chi connectivity index (χ1) is 14.1. The van der Waals surface area contributed by atoms with Gasteiger partial charge in [-0.1, -0.05) is 30.3 Å². The normalized spacial score (nSPS) is 11.0. The van der Waals surface area contributed by atoms with Gasteiger partial charge in [0.1, 0.15) is 16.3 Å². The summed E-state index contributed by atoms with van der Waals surface area (Å²) in [7, 11) is 0. The zero-order valence-electron chi connectivity index (χ0n) is 16.2. The Hall–Kier alpha value is -3.19. The lowest BCUT2D eigenvalue weighted by atomic mass is 10.1. The van der Waals surface area contributed by atoms with Gasteiger partial charge in [0.2, 0.25) is 0 Å². The van der Waals surface area contributed by atoms with E-state index in [0.717, 1.165) is 15.6 Å². The topological polar surface area (TPSA) is 74.2 Å². The minimum absolute atomic E-state index is 0.155. The van der Waals surface area contributed by atoms with E-state index in [4.69, 9.17) is 14.2 Å². The first-order valence-corrected chi connectivity index (χ1v) is 10.0. The van der Waals surface area contributed by atoms with Gasteiger partial charge in [-0.05, 0) is 37.6 Å². The molecule has 0 aliphatic carbocycles. The van der Waals surface area contributed by atoms with Crippen molar-refractivity contribution in [1.82, 2.24) is 0 Å². The fourth-order valence-corrected chi connectivity index (χ4v) is 3.72. The summed E-state index contributed by atoms with van der Waals surface area (Å²) in [6, 6.07) is 14.8. The number of carbonyl (C=O) groups is 2. The molecule has 0 bridgehead atoms. The summed E-state index contributed by atoms with van der Waals surface area (Å²) < 4.78 is 16.5. The smallest absolute Gasteiger partial charge is 0.344 e. The Morgan fingerprint density at radius 2 is 1.83 bits per heavy atom. The van der Waals surface area contributed by atoms with Crippen LogP contribution in [0.4, 0.5) is 5.00 Å². The average molecular weight is 411 g/mol. The third kappa shape index (κ3) is 5.20. The van der Waals surface area contributed by atoms with Crippen molar-refractivity contribution in [2.45, 2.75) is 13.8 Å². The Kier molecular flexibility index (Phi) is 6.97. The highest BCUT2D eigenvalue weighted by Crippen LogP contribution is 2.38. The molecule has 0 N–H and O–H groups in total. The maximum absolute atomic E-state index is 12.5. The van der Waals surface area contributed by atoms with Crippen LogP contribution in [-0.2, 0) is 14.3 Å². The van der Waals surface area contributed by atoms with Crippen LogP contribution in [0.25, 0.3) is 10.1 Å². The zero-order valence-corrected chi connectivity index (χ0v) is 17.0. The van der Waals surface area contributed by atoms with Crippen LogP contribution in [0.2, 0.25) is 0 Å². The van der Waals surface area contributed by atoms with E-state index in [1.165, 1.54) is 11.3 Å². The number of ether oxygens (including phenoxy) is 3. The second-order valence-corrected chi connectivity index (χ2v) is 6.95. The summed E-state index contributed by atoms with van der Waals surface area (Å²) >= 11 is 1.43. The summed E-state index contributed by atoms with van der Waals surface area (Å²) in [5.74, 6) is -0.275. The zero-order chi connectivity index (χ0) is 20.6. The lowest BCUT2D eigenvalue weighted by molar-refractivity contribution is -0.145. The number of carbonyl (C=O) groups excluding carboxylic acids is 2. The van der Waals surface area contributed by atoms with Gasteiger partial charge < -0.3 is 14.2 Å². The standard InChI is InChI=1S/C22H21NO5S/c1-3-26-19(24)14-28-16-9-7-8-15(12-16)13-23-21-20(22(25)27-4-2)17-10-5-6-11-18(17)29-21/h5-13H,3-4,14H2,1-2H3. The molecule has 6 nitrogen and oxygen atoms in total. The molecule has 3 aromatic rings. The van der Waals surface area contributed by atoms with Gasteiger partial charge >= 0.3 is 11.9 Å². The van der Waals surface area contributed by atoms with Crippen LogP contribution in [-0.4, -0.2) is 38.0 Å². The second kappa shape index (κ2) is 9.84. The number of rotatable bonds is 8. The molecule has 29 heavy (non-hydrogen) atoms. The van der Waals surface area contributed by atoms with Crippen molar-refractivity contribution in [3.05, 3.63) is 59.7 Å². The maximum atomic E-state index is 12.5. The van der Waals surface area contributed by atoms with Crippen molar-refractivity contribution in [2.75, 3.05) is 19.8 Å². The van der Waals surface area contributed by atoms with E-state index in [1.54, 1.807) is 38.3 Å². The Bertz CT molecular complexity index is 1040. The van der Waals surface area contributed by atoms with Gasteiger partial charge in [0.15, 0.2) is 6.61 Å². The van der Waals surface area contributed by atoms with Crippen LogP contribution >= 0.6 is 11.3 Å². The molecular weight excluding hydrogens is 390 g/mol. The molecule has 0 amide bonds. The molecule has 0 fully saturated rings. The number of benzene rings is 2. The molecule has 0 atom stereocenters. The summed E-state index contributed by atoms with van der Waals surface area (Å²) in [5, 5.41) is 1.41. The van der Waals surface area contributed by atoms with Crippen LogP contribution in [0.3, 0.4) is 0 Å². The molecule has 150 valence electrons. The minimum atomic E-state index is -0.420. The molecule has 0 saturated carbocycles. The fourth-order valence-electron chi connectivity index (χ4n) is 2.69. The van der Waals surface area contributed by atoms with Gasteiger partial charge in [0, 0.05) is 16.3 Å². The molecule has 0 aliphatic rings. The van der Waals surface area contributed by atoms with Crippen LogP contribution in [0.5, 0.6) is 5.75 Å². The van der Waals surface area contributed by atoms with E-state index < -0.39 is 5.97 Å². The molecule has 0 unspecified atom stereocenters. The Labute approximate surface area is 172 Å². The molecule has 0 aliphatic heterocycles. The molecule has 1 heterocycles. The second-order valence-electron chi connectivity index (χ2n) is 5.92. The third-order valence-corrected chi connectivity index (χ3v) is 4.99. The number of hydrogen-bond acceptors (Lipinski definition) is 7. The van der Waals surface area contributed by atoms with Gasteiger partial charge in [0.05, 0.1) is 13.2 Å². The van der Waals surface area contributed by atoms with Crippen molar-refractivity contribution < 1.29 is 23.8 Å². The Balaban J connectivity index is 1.83. The number of esters is 2. The highest BCUT2D eigenvalue weighted by atomic mass is 32.1. The van der Waals surface area contributed by atoms with Crippen molar-refractivity contribution in [3.63, 3.8) is 0 Å². The summed E-state index contributed by atoms with van der Waals surface area (Å²) in [6.45, 7) is 3.97. The van der Waals surface area contributed by atoms with Gasteiger partial charge in [-0.25, -0.2) is 14.6 Å². The van der Waals surface area contributed by atoms with Crippen LogP contribution in [0.15, 0.2) is 53.5 Å². The van der Waals surface area contributed by atoms with Gasteiger partial charge in [-0.15, -0.1) is 11.3 Å². The van der Waals surface area contributed by atoms with Gasteiger partial charge in [0.25, 0.3) is 0 Å². The lowest BCUT2D eigenvalue weighted by Gasteiger charge is -2.06. The molecule has 7 heteroatoms. The minimum Gasteiger partial charge on any atom is -0.482 e. The van der Waals surface area contributed by atoms with Crippen molar-refractivity contribution >= 4 is 44.6 Å². The molecular formula is C22H21NO5S. The summed E-state index contributed by atoms with van der Waals surface area (Å²) in [6.07, 6.45) is 1.66. The molecule has 0 saturated heterocycles. The highest BCUT2D eigenvalue weighted by molar-refractivity contribution is 7.23. The molecule has 2 aromatic carbocycles. The highest BCUT2D eigenvalue weighted by Gasteiger charge is 2.19. The van der Waals surface area contributed by atoms with E-state index in [-0.39, 0.29) is 12.6 Å². The van der Waals surface area contributed by atoms with Crippen molar-refractivity contribution in [1.29, 1.82) is 0 Å². The molecule has 1 aromatic heterocycles. The van der Waals surface area contributed by atoms with Crippen LogP contribution in [0.1, 0.15) is 29.8 Å². The number of thiophene rings is 1. The largest absolute Gasteiger partial charge is 0.482 e. The summed E-state index contributed by atoms with van der Waals surface area (Å²) in [5.41, 5.74) is 1.25. The van der Waals surface area contributed by atoms with Crippen LogP contribution in [0, 0.1) is 0 Å². The number of aliphatic imine (C=N–C) groups is 1. The number of hydrogen-bond donors (Lipinski definition) is 0. The molecule has 0 spiro atoms. The fraction of sp³-hybridized carbons (Fsp3) is 0.227. The Morgan fingerprint density at radius 3 is 2.62 bits per heavy atom. The van der Waals surface area contributed by atoms with E-state index in [2.05, 4.69) is 4.99 Å². The maximum Gasteiger partial charge on any atom is 0.344 e. The number of nitrogens with zero attached hydrogens (tertiary/aromatic N) is 1. The molecule has 0 radical (unpaired) electrons. The lowest BCUT2D eigenvalue weighted by Crippen LogP contribution is -2.14. The number of fused-ring (bicyclic) bond motifs is 1. The first kappa shape index (κ1) is 20.5. The van der Waals surface area contributed by atoms with Gasteiger partial charge in [-0.3, -0.25) is 0 Å². The third-order valence-electron chi connectivity index (χ3n) is 3.91. The van der Waals surface area contributed by atoms with E-state index in [0.29, 0.717) is 29.5 Å². The molecule has 3 rings (SSSR count). The van der Waals surface area contributed by atoms with Crippen molar-refractivity contribution in [2.24, 2.45) is 4.99 Å². The summed E-state index contributed by atoms with van der Waals surface area (Å²) in [4.78, 5) is 28.4. The quantitative estimate of drug-likeness (QED) is 0.394. The monoisotopic (exact) mass is 411 g/mol. The van der Waals surface area contributed by atoms with Crippen LogP contribution < -0.4 is 4.74 Å². The van der Waals surface area contributed by atoms with E-state index in [1.807, 2.05) is 30.3 Å². The SMILES string of the molecule is CCOC(=O)COc1cccc(C=Nc2sc3ccccc3c2C(=O)OCC)c1. The average Bonchev–Trinajstić information content (AvgIpc) is 3.10. The van der Waals surface area contributed by atoms with E-state index in [9.17, 15) is 9.59 Å². The predicted octanol–water partition coefficient (Wildman–Crippen LogP) is 4.77.